The molecule has 0 heterocycles. The van der Waals surface area contributed by atoms with Crippen LogP contribution in [0.5, 0.6) is 0 Å². The SMILES string of the molecule is CC1(C(=O)Nc2c(Br)cccc2C(=O)O)CCCCC1. The van der Waals surface area contributed by atoms with Gasteiger partial charge in [0.1, 0.15) is 0 Å². The molecule has 0 aromatic heterocycles. The fourth-order valence-corrected chi connectivity index (χ4v) is 3.12. The summed E-state index contributed by atoms with van der Waals surface area (Å²) in [5, 5.41) is 12.0. The van der Waals surface area contributed by atoms with E-state index in [1.54, 1.807) is 12.1 Å². The van der Waals surface area contributed by atoms with Crippen LogP contribution in [0.1, 0.15) is 49.4 Å². The second kappa shape index (κ2) is 5.95. The molecule has 0 spiro atoms. The van der Waals surface area contributed by atoms with Crippen molar-refractivity contribution in [1.29, 1.82) is 0 Å². The number of para-hydroxylation sites is 1. The molecule has 108 valence electrons. The third-order valence-electron chi connectivity index (χ3n) is 3.99. The van der Waals surface area contributed by atoms with Gasteiger partial charge in [-0.3, -0.25) is 4.79 Å². The van der Waals surface area contributed by atoms with Crippen molar-refractivity contribution >= 4 is 33.5 Å². The molecule has 2 N–H and O–H groups in total. The lowest BCUT2D eigenvalue weighted by Crippen LogP contribution is -2.35. The van der Waals surface area contributed by atoms with Gasteiger partial charge >= 0.3 is 5.97 Å². The lowest BCUT2D eigenvalue weighted by atomic mass is 9.75. The van der Waals surface area contributed by atoms with Gasteiger partial charge in [-0.25, -0.2) is 4.79 Å². The molecule has 1 saturated carbocycles. The molecule has 2 rings (SSSR count). The Hall–Kier alpha value is -1.36. The van der Waals surface area contributed by atoms with Crippen LogP contribution in [-0.4, -0.2) is 17.0 Å². The van der Waals surface area contributed by atoms with Gasteiger partial charge in [0.05, 0.1) is 11.3 Å². The Morgan fingerprint density at radius 1 is 1.25 bits per heavy atom. The van der Waals surface area contributed by atoms with Gasteiger partial charge in [-0.05, 0) is 40.9 Å². The van der Waals surface area contributed by atoms with Crippen LogP contribution in [0.25, 0.3) is 0 Å². The van der Waals surface area contributed by atoms with Crippen molar-refractivity contribution in [2.24, 2.45) is 5.41 Å². The van der Waals surface area contributed by atoms with Crippen molar-refractivity contribution in [3.8, 4) is 0 Å². The summed E-state index contributed by atoms with van der Waals surface area (Å²) < 4.78 is 0.588. The Morgan fingerprint density at radius 2 is 1.90 bits per heavy atom. The number of aromatic carboxylic acids is 1. The largest absolute Gasteiger partial charge is 0.478 e. The van der Waals surface area contributed by atoms with Crippen LogP contribution >= 0.6 is 15.9 Å². The number of hydrogen-bond acceptors (Lipinski definition) is 2. The molecular formula is C15H18BrNO3. The molecule has 0 aliphatic heterocycles. The monoisotopic (exact) mass is 339 g/mol. The van der Waals surface area contributed by atoms with Gasteiger partial charge in [0.15, 0.2) is 0 Å². The number of carboxylic acid groups (broad SMARTS) is 1. The number of hydrogen-bond donors (Lipinski definition) is 2. The molecule has 0 radical (unpaired) electrons. The van der Waals surface area contributed by atoms with Gasteiger partial charge in [-0.15, -0.1) is 0 Å². The van der Waals surface area contributed by atoms with E-state index in [1.165, 1.54) is 6.07 Å². The summed E-state index contributed by atoms with van der Waals surface area (Å²) in [6.45, 7) is 1.96. The van der Waals surface area contributed by atoms with Gasteiger partial charge in [-0.1, -0.05) is 32.3 Å². The zero-order chi connectivity index (χ0) is 14.8. The predicted octanol–water partition coefficient (Wildman–Crippen LogP) is 4.06. The normalized spacial score (nSPS) is 17.5. The second-order valence-corrected chi connectivity index (χ2v) is 6.40. The molecule has 5 heteroatoms. The molecule has 0 saturated heterocycles. The van der Waals surface area contributed by atoms with E-state index < -0.39 is 11.4 Å². The summed E-state index contributed by atoms with van der Waals surface area (Å²) in [7, 11) is 0. The van der Waals surface area contributed by atoms with Crippen LogP contribution < -0.4 is 5.32 Å². The van der Waals surface area contributed by atoms with Gasteiger partial charge < -0.3 is 10.4 Å². The Morgan fingerprint density at radius 3 is 2.50 bits per heavy atom. The number of carbonyl (C=O) groups is 2. The predicted molar refractivity (Wildman–Crippen MR) is 80.9 cm³/mol. The summed E-state index contributed by atoms with van der Waals surface area (Å²) in [5.74, 6) is -1.14. The minimum atomic E-state index is -1.05. The van der Waals surface area contributed by atoms with Crippen LogP contribution in [0, 0.1) is 5.41 Å². The summed E-state index contributed by atoms with van der Waals surface area (Å²) in [5.41, 5.74) is 0.0486. The highest BCUT2D eigenvalue weighted by Crippen LogP contribution is 2.38. The van der Waals surface area contributed by atoms with Crippen molar-refractivity contribution in [2.75, 3.05) is 5.32 Å². The van der Waals surface area contributed by atoms with E-state index in [-0.39, 0.29) is 11.5 Å². The Balaban J connectivity index is 2.25. The maximum Gasteiger partial charge on any atom is 0.337 e. The molecule has 1 fully saturated rings. The van der Waals surface area contributed by atoms with E-state index in [4.69, 9.17) is 0 Å². The molecule has 0 bridgehead atoms. The number of carboxylic acids is 1. The fourth-order valence-electron chi connectivity index (χ4n) is 2.65. The number of amides is 1. The first kappa shape index (κ1) is 15.0. The highest BCUT2D eigenvalue weighted by atomic mass is 79.9. The average Bonchev–Trinajstić information content (AvgIpc) is 2.41. The molecule has 20 heavy (non-hydrogen) atoms. The van der Waals surface area contributed by atoms with Crippen molar-refractivity contribution in [1.82, 2.24) is 0 Å². The van der Waals surface area contributed by atoms with Crippen LogP contribution in [0.3, 0.4) is 0 Å². The molecule has 1 aliphatic rings. The first-order chi connectivity index (χ1) is 9.44. The zero-order valence-electron chi connectivity index (χ0n) is 11.4. The summed E-state index contributed by atoms with van der Waals surface area (Å²) in [4.78, 5) is 23.7. The third-order valence-corrected chi connectivity index (χ3v) is 4.65. The fraction of sp³-hybridized carbons (Fsp3) is 0.467. The van der Waals surface area contributed by atoms with E-state index in [0.717, 1.165) is 32.1 Å². The number of anilines is 1. The summed E-state index contributed by atoms with van der Waals surface area (Å²) >= 11 is 3.31. The highest BCUT2D eigenvalue weighted by Gasteiger charge is 2.35. The van der Waals surface area contributed by atoms with Crippen molar-refractivity contribution in [2.45, 2.75) is 39.0 Å². The molecule has 0 unspecified atom stereocenters. The molecule has 4 nitrogen and oxygen atoms in total. The first-order valence-corrected chi connectivity index (χ1v) is 7.56. The minimum absolute atomic E-state index is 0.0911. The average molecular weight is 340 g/mol. The van der Waals surface area contributed by atoms with Gasteiger partial charge in [-0.2, -0.15) is 0 Å². The van der Waals surface area contributed by atoms with E-state index in [9.17, 15) is 14.7 Å². The minimum Gasteiger partial charge on any atom is -0.478 e. The van der Waals surface area contributed by atoms with Gasteiger partial charge in [0.25, 0.3) is 0 Å². The summed E-state index contributed by atoms with van der Waals surface area (Å²) in [6, 6.07) is 4.86. The van der Waals surface area contributed by atoms with Crippen LogP contribution in [0.4, 0.5) is 5.69 Å². The van der Waals surface area contributed by atoms with Crippen LogP contribution in [-0.2, 0) is 4.79 Å². The lowest BCUT2D eigenvalue weighted by molar-refractivity contribution is -0.126. The third kappa shape index (κ3) is 3.03. The van der Waals surface area contributed by atoms with Crippen LogP contribution in [0.2, 0.25) is 0 Å². The summed E-state index contributed by atoms with van der Waals surface area (Å²) in [6.07, 6.45) is 4.97. The van der Waals surface area contributed by atoms with Crippen molar-refractivity contribution < 1.29 is 14.7 Å². The van der Waals surface area contributed by atoms with E-state index in [0.29, 0.717) is 10.2 Å². The quantitative estimate of drug-likeness (QED) is 0.872. The number of carbonyl (C=O) groups excluding carboxylic acids is 1. The molecule has 1 aromatic carbocycles. The van der Waals surface area contributed by atoms with E-state index in [1.807, 2.05) is 6.92 Å². The van der Waals surface area contributed by atoms with E-state index in [2.05, 4.69) is 21.2 Å². The van der Waals surface area contributed by atoms with Crippen molar-refractivity contribution in [3.05, 3.63) is 28.2 Å². The smallest absolute Gasteiger partial charge is 0.337 e. The topological polar surface area (TPSA) is 66.4 Å². The maximum atomic E-state index is 12.5. The molecule has 1 aromatic rings. The highest BCUT2D eigenvalue weighted by molar-refractivity contribution is 9.10. The van der Waals surface area contributed by atoms with Gasteiger partial charge in [0, 0.05) is 9.89 Å². The standard InChI is InChI=1S/C15H18BrNO3/c1-15(8-3-2-4-9-15)14(20)17-12-10(13(18)19)6-5-7-11(12)16/h5-7H,2-4,8-9H2,1H3,(H,17,20)(H,18,19). The molecular weight excluding hydrogens is 322 g/mol. The number of rotatable bonds is 3. The lowest BCUT2D eigenvalue weighted by Gasteiger charge is -2.32. The maximum absolute atomic E-state index is 12.5. The number of halogens is 1. The molecule has 0 atom stereocenters. The number of nitrogens with one attached hydrogen (secondary N) is 1. The first-order valence-electron chi connectivity index (χ1n) is 6.77. The molecule has 1 amide bonds. The molecule has 1 aliphatic carbocycles. The Bertz CT molecular complexity index is 536. The Labute approximate surface area is 126 Å². The second-order valence-electron chi connectivity index (χ2n) is 5.54. The van der Waals surface area contributed by atoms with Crippen molar-refractivity contribution in [3.63, 3.8) is 0 Å². The van der Waals surface area contributed by atoms with E-state index >= 15 is 0 Å². The van der Waals surface area contributed by atoms with Gasteiger partial charge in [0.2, 0.25) is 5.91 Å². The Kier molecular flexibility index (Phi) is 4.48. The number of benzene rings is 1. The van der Waals surface area contributed by atoms with Crippen LogP contribution in [0.15, 0.2) is 22.7 Å². The zero-order valence-corrected chi connectivity index (χ0v) is 13.0.